The number of nitrogens with zero attached hydrogens (tertiary/aromatic N) is 2. The van der Waals surface area contributed by atoms with Crippen molar-refractivity contribution in [1.29, 1.82) is 0 Å². The number of benzene rings is 1. The number of esters is 1. The number of likely N-dealkylation sites (N-methyl/N-ethyl adjacent to an activating group) is 1. The lowest BCUT2D eigenvalue weighted by molar-refractivity contribution is 0.0450. The van der Waals surface area contributed by atoms with Crippen molar-refractivity contribution in [2.24, 2.45) is 0 Å². The maximum Gasteiger partial charge on any atom is 0.339 e. The molecule has 0 amide bonds. The van der Waals surface area contributed by atoms with Gasteiger partial charge in [0.1, 0.15) is 11.3 Å². The highest BCUT2D eigenvalue weighted by Gasteiger charge is 2.35. The lowest BCUT2D eigenvalue weighted by Gasteiger charge is -2.18. The van der Waals surface area contributed by atoms with Gasteiger partial charge in [0.2, 0.25) is 0 Å². The van der Waals surface area contributed by atoms with Gasteiger partial charge in [-0.25, -0.2) is 4.79 Å². The number of hydrogen-bond donors (Lipinski definition) is 1. The molecule has 0 bridgehead atoms. The van der Waals surface area contributed by atoms with E-state index in [1.165, 1.54) is 0 Å². The summed E-state index contributed by atoms with van der Waals surface area (Å²) in [6, 6.07) is 8.47. The lowest BCUT2D eigenvalue weighted by atomic mass is 9.99. The van der Waals surface area contributed by atoms with Crippen molar-refractivity contribution in [3.8, 4) is 5.75 Å². The molecule has 1 N–H and O–H groups in total. The number of fused-ring (bicyclic) bond motifs is 1. The Hall–Kier alpha value is -2.60. The minimum absolute atomic E-state index is 0.109. The highest BCUT2D eigenvalue weighted by atomic mass is 16.5. The minimum atomic E-state index is -0.868. The van der Waals surface area contributed by atoms with Gasteiger partial charge in [-0.2, -0.15) is 0 Å². The van der Waals surface area contributed by atoms with Crippen LogP contribution in [0.2, 0.25) is 0 Å². The molecule has 0 fully saturated rings. The second-order valence-corrected chi connectivity index (χ2v) is 6.22. The van der Waals surface area contributed by atoms with Crippen LogP contribution in [0.4, 0.5) is 0 Å². The molecule has 2 heterocycles. The van der Waals surface area contributed by atoms with Crippen molar-refractivity contribution >= 4 is 5.97 Å². The van der Waals surface area contributed by atoms with Gasteiger partial charge < -0.3 is 19.3 Å². The van der Waals surface area contributed by atoms with E-state index in [0.29, 0.717) is 29.9 Å². The standard InChI is InChI=1S/C18H20N2O4/c1-11-10-14(21)15(17(22)20(11)9-8-19(2)3)16-12-6-4-5-7-13(12)18(23)24-16/h4-7,10,16,21H,8-9H2,1-3H3. The monoisotopic (exact) mass is 328 g/mol. The number of aryl methyl sites for hydroxylation is 1. The Morgan fingerprint density at radius 2 is 1.96 bits per heavy atom. The molecule has 0 saturated carbocycles. The number of pyridine rings is 1. The lowest BCUT2D eigenvalue weighted by Crippen LogP contribution is -2.31. The Morgan fingerprint density at radius 1 is 1.25 bits per heavy atom. The quantitative estimate of drug-likeness (QED) is 0.865. The summed E-state index contributed by atoms with van der Waals surface area (Å²) in [4.78, 5) is 26.9. The van der Waals surface area contributed by atoms with E-state index in [-0.39, 0.29) is 16.9 Å². The van der Waals surface area contributed by atoms with E-state index >= 15 is 0 Å². The van der Waals surface area contributed by atoms with Gasteiger partial charge in [-0.1, -0.05) is 18.2 Å². The molecule has 6 nitrogen and oxygen atoms in total. The molecule has 1 unspecified atom stereocenters. The molecule has 0 aliphatic carbocycles. The Morgan fingerprint density at radius 3 is 2.67 bits per heavy atom. The third kappa shape index (κ3) is 2.69. The average Bonchev–Trinajstić information content (AvgIpc) is 2.84. The summed E-state index contributed by atoms with van der Waals surface area (Å²) in [5.41, 5.74) is 1.49. The molecule has 24 heavy (non-hydrogen) atoms. The largest absolute Gasteiger partial charge is 0.507 e. The Balaban J connectivity index is 2.11. The molecule has 1 atom stereocenters. The van der Waals surface area contributed by atoms with Crippen LogP contribution >= 0.6 is 0 Å². The first-order valence-corrected chi connectivity index (χ1v) is 7.78. The van der Waals surface area contributed by atoms with Crippen molar-refractivity contribution in [2.75, 3.05) is 20.6 Å². The number of hydrogen-bond acceptors (Lipinski definition) is 5. The SMILES string of the molecule is Cc1cc(O)c(C2OC(=O)c3ccccc32)c(=O)n1CCN(C)C. The van der Waals surface area contributed by atoms with Crippen LogP contribution < -0.4 is 5.56 Å². The van der Waals surface area contributed by atoms with Crippen molar-refractivity contribution in [2.45, 2.75) is 19.6 Å². The maximum atomic E-state index is 12.9. The highest BCUT2D eigenvalue weighted by molar-refractivity contribution is 5.94. The van der Waals surface area contributed by atoms with Crippen LogP contribution in [0, 0.1) is 6.92 Å². The molecule has 6 heteroatoms. The van der Waals surface area contributed by atoms with Crippen molar-refractivity contribution in [1.82, 2.24) is 9.47 Å². The number of carbonyl (C=O) groups excluding carboxylic acids is 1. The normalized spacial score (nSPS) is 16.3. The fourth-order valence-electron chi connectivity index (χ4n) is 2.95. The smallest absolute Gasteiger partial charge is 0.339 e. The number of ether oxygens (including phenoxy) is 1. The number of aromatic hydroxyl groups is 1. The van der Waals surface area contributed by atoms with Gasteiger partial charge in [0.05, 0.1) is 5.56 Å². The van der Waals surface area contributed by atoms with Crippen LogP contribution in [0.25, 0.3) is 0 Å². The fraction of sp³-hybridized carbons (Fsp3) is 0.333. The summed E-state index contributed by atoms with van der Waals surface area (Å²) in [5, 5.41) is 10.3. The van der Waals surface area contributed by atoms with Crippen molar-refractivity contribution in [3.05, 3.63) is 63.1 Å². The predicted octanol–water partition coefficient (Wildman–Crippen LogP) is 1.68. The summed E-state index contributed by atoms with van der Waals surface area (Å²) in [6.07, 6.45) is -0.868. The second kappa shape index (κ2) is 6.13. The molecule has 0 radical (unpaired) electrons. The van der Waals surface area contributed by atoms with Crippen LogP contribution in [-0.4, -0.2) is 41.2 Å². The number of rotatable bonds is 4. The third-order valence-corrected chi connectivity index (χ3v) is 4.24. The summed E-state index contributed by atoms with van der Waals surface area (Å²) in [5.74, 6) is -0.622. The first-order valence-electron chi connectivity index (χ1n) is 7.78. The molecule has 1 aromatic heterocycles. The molecule has 3 rings (SSSR count). The van der Waals surface area contributed by atoms with E-state index in [1.807, 2.05) is 19.0 Å². The van der Waals surface area contributed by atoms with Gasteiger partial charge in [0.15, 0.2) is 6.10 Å². The summed E-state index contributed by atoms with van der Waals surface area (Å²) in [6.45, 7) is 2.95. The van der Waals surface area contributed by atoms with Gasteiger partial charge in [0.25, 0.3) is 5.56 Å². The van der Waals surface area contributed by atoms with Gasteiger partial charge in [-0.05, 0) is 33.2 Å². The maximum absolute atomic E-state index is 12.9. The summed E-state index contributed by atoms with van der Waals surface area (Å²) in [7, 11) is 3.85. The summed E-state index contributed by atoms with van der Waals surface area (Å²) < 4.78 is 6.98. The molecule has 0 spiro atoms. The second-order valence-electron chi connectivity index (χ2n) is 6.22. The van der Waals surface area contributed by atoms with E-state index < -0.39 is 12.1 Å². The Kier molecular flexibility index (Phi) is 4.15. The van der Waals surface area contributed by atoms with Gasteiger partial charge in [-0.3, -0.25) is 4.79 Å². The molecule has 1 aliphatic heterocycles. The van der Waals surface area contributed by atoms with Crippen molar-refractivity contribution in [3.63, 3.8) is 0 Å². The predicted molar refractivity (Wildman–Crippen MR) is 89.4 cm³/mol. The van der Waals surface area contributed by atoms with E-state index in [2.05, 4.69) is 0 Å². The Bertz CT molecular complexity index is 855. The molecule has 2 aromatic rings. The first-order chi connectivity index (χ1) is 11.4. The van der Waals surface area contributed by atoms with Gasteiger partial charge in [-0.15, -0.1) is 0 Å². The zero-order chi connectivity index (χ0) is 17.4. The number of aromatic nitrogens is 1. The zero-order valence-corrected chi connectivity index (χ0v) is 13.9. The van der Waals surface area contributed by atoms with E-state index in [4.69, 9.17) is 4.74 Å². The van der Waals surface area contributed by atoms with Crippen LogP contribution in [0.15, 0.2) is 35.1 Å². The third-order valence-electron chi connectivity index (χ3n) is 4.24. The van der Waals surface area contributed by atoms with Crippen molar-refractivity contribution < 1.29 is 14.6 Å². The molecule has 126 valence electrons. The molecule has 1 aliphatic rings. The number of carbonyl (C=O) groups is 1. The molecule has 1 aromatic carbocycles. The molecular weight excluding hydrogens is 308 g/mol. The van der Waals surface area contributed by atoms with Gasteiger partial charge >= 0.3 is 5.97 Å². The van der Waals surface area contributed by atoms with Crippen LogP contribution in [0.5, 0.6) is 5.75 Å². The fourth-order valence-corrected chi connectivity index (χ4v) is 2.95. The van der Waals surface area contributed by atoms with Crippen LogP contribution in [0.3, 0.4) is 0 Å². The topological polar surface area (TPSA) is 71.8 Å². The van der Waals surface area contributed by atoms with E-state index in [0.717, 1.165) is 0 Å². The van der Waals surface area contributed by atoms with Gasteiger partial charge in [0, 0.05) is 24.3 Å². The summed E-state index contributed by atoms with van der Waals surface area (Å²) >= 11 is 0. The average molecular weight is 328 g/mol. The van der Waals surface area contributed by atoms with E-state index in [9.17, 15) is 14.7 Å². The highest BCUT2D eigenvalue weighted by Crippen LogP contribution is 2.37. The molecule has 0 saturated heterocycles. The molecular formula is C18H20N2O4. The van der Waals surface area contributed by atoms with Crippen LogP contribution in [-0.2, 0) is 11.3 Å². The number of cyclic esters (lactones) is 1. The zero-order valence-electron chi connectivity index (χ0n) is 13.9. The Labute approximate surface area is 139 Å². The van der Waals surface area contributed by atoms with Crippen LogP contribution in [0.1, 0.15) is 33.3 Å². The van der Waals surface area contributed by atoms with E-state index in [1.54, 1.807) is 41.8 Å². The minimum Gasteiger partial charge on any atom is -0.507 e. The first kappa shape index (κ1) is 16.3.